The van der Waals surface area contributed by atoms with Gasteiger partial charge in [0, 0.05) is 11.4 Å². The molecule has 0 fully saturated rings. The fourth-order valence-corrected chi connectivity index (χ4v) is 2.14. The van der Waals surface area contributed by atoms with Crippen LogP contribution in [0.15, 0.2) is 23.0 Å². The summed E-state index contributed by atoms with van der Waals surface area (Å²) in [5, 5.41) is 4.55. The van der Waals surface area contributed by atoms with E-state index in [1.165, 1.54) is 0 Å². The van der Waals surface area contributed by atoms with Crippen molar-refractivity contribution in [3.63, 3.8) is 0 Å². The Morgan fingerprint density at radius 1 is 1.50 bits per heavy atom. The highest BCUT2D eigenvalue weighted by molar-refractivity contribution is 7.99. The lowest BCUT2D eigenvalue weighted by Gasteiger charge is -2.04. The van der Waals surface area contributed by atoms with Crippen molar-refractivity contribution in [2.75, 3.05) is 5.73 Å². The molecule has 5 nitrogen and oxygen atoms in total. The van der Waals surface area contributed by atoms with Crippen molar-refractivity contribution in [1.82, 2.24) is 15.1 Å². The van der Waals surface area contributed by atoms with E-state index < -0.39 is 0 Å². The van der Waals surface area contributed by atoms with E-state index in [2.05, 4.69) is 29.0 Å². The van der Waals surface area contributed by atoms with Gasteiger partial charge in [0.2, 0.25) is 0 Å². The fraction of sp³-hybridized carbons (Fsp3) is 0.417. The second-order valence-corrected chi connectivity index (χ2v) is 5.44. The molecule has 0 aliphatic heterocycles. The average molecular weight is 264 g/mol. The van der Waals surface area contributed by atoms with Crippen LogP contribution in [0.1, 0.15) is 26.1 Å². The number of pyridine rings is 1. The van der Waals surface area contributed by atoms with E-state index in [-0.39, 0.29) is 0 Å². The van der Waals surface area contributed by atoms with E-state index in [0.29, 0.717) is 22.7 Å². The van der Waals surface area contributed by atoms with Crippen LogP contribution in [0.2, 0.25) is 0 Å². The van der Waals surface area contributed by atoms with Crippen LogP contribution in [0.25, 0.3) is 11.5 Å². The summed E-state index contributed by atoms with van der Waals surface area (Å²) in [6, 6.07) is 1.77. The van der Waals surface area contributed by atoms with Crippen molar-refractivity contribution in [2.45, 2.75) is 31.3 Å². The summed E-state index contributed by atoms with van der Waals surface area (Å²) in [4.78, 5) is 8.27. The molecule has 0 spiro atoms. The Balaban J connectivity index is 2.09. The van der Waals surface area contributed by atoms with Gasteiger partial charge in [-0.05, 0) is 12.5 Å². The lowest BCUT2D eigenvalue weighted by molar-refractivity contribution is 0.425. The first kappa shape index (κ1) is 12.9. The van der Waals surface area contributed by atoms with Crippen molar-refractivity contribution in [3.8, 4) is 11.5 Å². The zero-order valence-electron chi connectivity index (χ0n) is 10.5. The molecule has 1 unspecified atom stereocenters. The largest absolute Gasteiger partial charge is 0.397 e. The summed E-state index contributed by atoms with van der Waals surface area (Å²) in [5.74, 6) is 1.91. The molecule has 2 heterocycles. The zero-order chi connectivity index (χ0) is 13.0. The number of nitrogens with zero attached hydrogens (tertiary/aromatic N) is 3. The number of rotatable bonds is 5. The van der Waals surface area contributed by atoms with Gasteiger partial charge in [0.05, 0.1) is 23.2 Å². The molecule has 2 aromatic heterocycles. The minimum absolute atomic E-state index is 0.453. The molecule has 0 aliphatic rings. The van der Waals surface area contributed by atoms with E-state index >= 15 is 0 Å². The van der Waals surface area contributed by atoms with Crippen LogP contribution in [0, 0.1) is 0 Å². The van der Waals surface area contributed by atoms with Crippen LogP contribution in [0.5, 0.6) is 0 Å². The quantitative estimate of drug-likeness (QED) is 0.894. The summed E-state index contributed by atoms with van der Waals surface area (Å²) < 4.78 is 5.22. The Morgan fingerprint density at radius 3 is 3.06 bits per heavy atom. The Hall–Kier alpha value is -1.56. The normalized spacial score (nSPS) is 12.6. The molecule has 0 amide bonds. The predicted molar refractivity (Wildman–Crippen MR) is 73.0 cm³/mol. The number of hydrogen-bond donors (Lipinski definition) is 1. The number of anilines is 1. The molecule has 2 rings (SSSR count). The summed E-state index contributed by atoms with van der Waals surface area (Å²) in [6.45, 7) is 4.35. The fourth-order valence-electron chi connectivity index (χ4n) is 1.36. The van der Waals surface area contributed by atoms with Gasteiger partial charge in [0.15, 0.2) is 5.82 Å². The highest BCUT2D eigenvalue weighted by Gasteiger charge is 2.12. The van der Waals surface area contributed by atoms with Crippen molar-refractivity contribution in [2.24, 2.45) is 0 Å². The van der Waals surface area contributed by atoms with Crippen molar-refractivity contribution in [3.05, 3.63) is 24.3 Å². The third-order valence-corrected chi connectivity index (χ3v) is 3.95. The SMILES string of the molecule is CCC(C)SCc1noc(-c2ccncc2N)n1. The van der Waals surface area contributed by atoms with Crippen LogP contribution < -0.4 is 5.73 Å². The third-order valence-electron chi connectivity index (χ3n) is 2.62. The summed E-state index contributed by atoms with van der Waals surface area (Å²) in [6.07, 6.45) is 4.36. The molecule has 0 bridgehead atoms. The molecule has 0 radical (unpaired) electrons. The monoisotopic (exact) mass is 264 g/mol. The van der Waals surface area contributed by atoms with Crippen molar-refractivity contribution >= 4 is 17.4 Å². The van der Waals surface area contributed by atoms with E-state index in [0.717, 1.165) is 17.7 Å². The van der Waals surface area contributed by atoms with Gasteiger partial charge < -0.3 is 10.3 Å². The van der Waals surface area contributed by atoms with Gasteiger partial charge in [-0.1, -0.05) is 19.0 Å². The first-order valence-electron chi connectivity index (χ1n) is 5.84. The third kappa shape index (κ3) is 3.01. The second kappa shape index (κ2) is 5.86. The first-order chi connectivity index (χ1) is 8.70. The maximum absolute atomic E-state index is 5.81. The van der Waals surface area contributed by atoms with Gasteiger partial charge in [0.25, 0.3) is 5.89 Å². The van der Waals surface area contributed by atoms with Gasteiger partial charge in [-0.2, -0.15) is 16.7 Å². The Labute approximate surface area is 110 Å². The molecule has 2 N–H and O–H groups in total. The van der Waals surface area contributed by atoms with E-state index in [1.807, 2.05) is 11.8 Å². The maximum Gasteiger partial charge on any atom is 0.260 e. The van der Waals surface area contributed by atoms with Gasteiger partial charge in [0.1, 0.15) is 0 Å². The first-order valence-corrected chi connectivity index (χ1v) is 6.89. The number of nitrogens with two attached hydrogens (primary N) is 1. The molecule has 0 aliphatic carbocycles. The number of aromatic nitrogens is 3. The highest BCUT2D eigenvalue weighted by atomic mass is 32.2. The van der Waals surface area contributed by atoms with Crippen LogP contribution in [0.3, 0.4) is 0 Å². The summed E-state index contributed by atoms with van der Waals surface area (Å²) in [5.41, 5.74) is 7.09. The second-order valence-electron chi connectivity index (χ2n) is 4.01. The lowest BCUT2D eigenvalue weighted by atomic mass is 10.2. The molecule has 0 aromatic carbocycles. The van der Waals surface area contributed by atoms with E-state index in [9.17, 15) is 0 Å². The van der Waals surface area contributed by atoms with E-state index in [4.69, 9.17) is 10.3 Å². The van der Waals surface area contributed by atoms with Crippen molar-refractivity contribution in [1.29, 1.82) is 0 Å². The van der Waals surface area contributed by atoms with Crippen LogP contribution >= 0.6 is 11.8 Å². The molecular weight excluding hydrogens is 248 g/mol. The Morgan fingerprint density at radius 2 is 2.33 bits per heavy atom. The molecule has 1 atom stereocenters. The topological polar surface area (TPSA) is 77.8 Å². The van der Waals surface area contributed by atoms with Gasteiger partial charge in [-0.15, -0.1) is 0 Å². The smallest absolute Gasteiger partial charge is 0.260 e. The van der Waals surface area contributed by atoms with Gasteiger partial charge in [-0.25, -0.2) is 0 Å². The Bertz CT molecular complexity index is 514. The maximum atomic E-state index is 5.81. The lowest BCUT2D eigenvalue weighted by Crippen LogP contribution is -1.95. The molecular formula is C12H16N4OS. The standard InChI is InChI=1S/C12H16N4OS/c1-3-8(2)18-7-11-15-12(17-16-11)9-4-5-14-6-10(9)13/h4-6,8H,3,7,13H2,1-2H3. The molecule has 2 aromatic rings. The number of nitrogen functional groups attached to an aromatic ring is 1. The summed E-state index contributed by atoms with van der Waals surface area (Å²) >= 11 is 1.81. The highest BCUT2D eigenvalue weighted by Crippen LogP contribution is 2.24. The minimum atomic E-state index is 0.453. The van der Waals surface area contributed by atoms with Crippen LogP contribution in [-0.2, 0) is 5.75 Å². The van der Waals surface area contributed by atoms with Crippen molar-refractivity contribution < 1.29 is 4.52 Å². The summed E-state index contributed by atoms with van der Waals surface area (Å²) in [7, 11) is 0. The van der Waals surface area contributed by atoms with E-state index in [1.54, 1.807) is 18.5 Å². The minimum Gasteiger partial charge on any atom is -0.397 e. The predicted octanol–water partition coefficient (Wildman–Crippen LogP) is 2.75. The molecule has 18 heavy (non-hydrogen) atoms. The molecule has 0 saturated carbocycles. The van der Waals surface area contributed by atoms with Gasteiger partial charge in [-0.3, -0.25) is 4.98 Å². The Kier molecular flexibility index (Phi) is 4.19. The molecule has 6 heteroatoms. The number of thioether (sulfide) groups is 1. The zero-order valence-corrected chi connectivity index (χ0v) is 11.3. The van der Waals surface area contributed by atoms with Crippen LogP contribution in [-0.4, -0.2) is 20.4 Å². The number of hydrogen-bond acceptors (Lipinski definition) is 6. The average Bonchev–Trinajstić information content (AvgIpc) is 2.85. The molecule has 96 valence electrons. The van der Waals surface area contributed by atoms with Gasteiger partial charge >= 0.3 is 0 Å². The van der Waals surface area contributed by atoms with Crippen LogP contribution in [0.4, 0.5) is 5.69 Å². The molecule has 0 saturated heterocycles.